The molecular weight excluding hydrogens is 158 g/mol. The predicted octanol–water partition coefficient (Wildman–Crippen LogP) is 1.81. The highest BCUT2D eigenvalue weighted by Gasteiger charge is 2.34. The number of thioether (sulfide) groups is 1. The van der Waals surface area contributed by atoms with E-state index in [9.17, 15) is 0 Å². The van der Waals surface area contributed by atoms with Crippen molar-refractivity contribution < 1.29 is 4.74 Å². The molecule has 1 unspecified atom stereocenters. The zero-order chi connectivity index (χ0) is 8.16. The molecule has 11 heavy (non-hydrogen) atoms. The number of rotatable bonds is 3. The molecule has 2 nitrogen and oxygen atoms in total. The molecule has 1 aliphatic heterocycles. The van der Waals surface area contributed by atoms with Crippen LogP contribution in [0.5, 0.6) is 0 Å². The van der Waals surface area contributed by atoms with E-state index >= 15 is 0 Å². The Kier molecular flexibility index (Phi) is 3.22. The van der Waals surface area contributed by atoms with Crippen molar-refractivity contribution in [3.8, 4) is 6.07 Å². The van der Waals surface area contributed by atoms with Crippen LogP contribution in [-0.4, -0.2) is 23.7 Å². The molecule has 3 heteroatoms. The van der Waals surface area contributed by atoms with Gasteiger partial charge in [-0.1, -0.05) is 0 Å². The summed E-state index contributed by atoms with van der Waals surface area (Å²) >= 11 is 1.74. The molecule has 0 amide bonds. The first-order chi connectivity index (χ1) is 5.33. The average Bonchev–Trinajstić information content (AvgIpc) is 2.50. The highest BCUT2D eigenvalue weighted by molar-refractivity contribution is 8.01. The Bertz CT molecular complexity index is 158. The molecule has 0 aliphatic carbocycles. The monoisotopic (exact) mass is 171 g/mol. The largest absolute Gasteiger partial charge is 0.379 e. The first-order valence-corrected chi connectivity index (χ1v) is 4.94. The second-order valence-corrected chi connectivity index (χ2v) is 4.17. The van der Waals surface area contributed by atoms with Gasteiger partial charge in [-0.05, 0) is 25.5 Å². The first kappa shape index (κ1) is 8.89. The molecule has 1 saturated heterocycles. The fourth-order valence-electron chi connectivity index (χ4n) is 1.20. The van der Waals surface area contributed by atoms with Gasteiger partial charge in [0.25, 0.3) is 0 Å². The maximum absolute atomic E-state index is 8.89. The smallest absolute Gasteiger partial charge is 0.126 e. The van der Waals surface area contributed by atoms with E-state index < -0.39 is 0 Å². The van der Waals surface area contributed by atoms with Gasteiger partial charge >= 0.3 is 0 Å². The Hall–Kier alpha value is -0.200. The topological polar surface area (TPSA) is 33.0 Å². The van der Waals surface area contributed by atoms with Crippen LogP contribution in [0.25, 0.3) is 0 Å². The molecule has 0 N–H and O–H groups in total. The summed E-state index contributed by atoms with van der Waals surface area (Å²) in [7, 11) is 0. The summed E-state index contributed by atoms with van der Waals surface area (Å²) in [5.41, 5.74) is 0. The van der Waals surface area contributed by atoms with Crippen LogP contribution >= 0.6 is 11.8 Å². The standard InChI is InChI=1S/C8H13NOS/c1-2-10-7-8(6-9)4-3-5-11-8/h2-5,7H2,1H3. The summed E-state index contributed by atoms with van der Waals surface area (Å²) in [5, 5.41) is 8.89. The fraction of sp³-hybridized carbons (Fsp3) is 0.875. The van der Waals surface area contributed by atoms with Crippen LogP contribution in [0.1, 0.15) is 19.8 Å². The minimum absolute atomic E-state index is 0.212. The third-order valence-electron chi connectivity index (χ3n) is 1.85. The number of nitrogens with zero attached hydrogens (tertiary/aromatic N) is 1. The van der Waals surface area contributed by atoms with Crippen molar-refractivity contribution in [1.29, 1.82) is 5.26 Å². The Morgan fingerprint density at radius 1 is 1.73 bits per heavy atom. The van der Waals surface area contributed by atoms with Crippen LogP contribution < -0.4 is 0 Å². The van der Waals surface area contributed by atoms with E-state index in [1.54, 1.807) is 11.8 Å². The number of ether oxygens (including phenoxy) is 1. The normalized spacial score (nSPS) is 30.2. The molecular formula is C8H13NOS. The molecule has 1 fully saturated rings. The molecule has 62 valence electrons. The molecule has 0 aromatic heterocycles. The first-order valence-electron chi connectivity index (χ1n) is 3.96. The third kappa shape index (κ3) is 2.11. The van der Waals surface area contributed by atoms with Gasteiger partial charge in [-0.3, -0.25) is 0 Å². The van der Waals surface area contributed by atoms with Crippen LogP contribution in [0.2, 0.25) is 0 Å². The van der Waals surface area contributed by atoms with Gasteiger partial charge in [-0.15, -0.1) is 11.8 Å². The van der Waals surface area contributed by atoms with E-state index in [-0.39, 0.29) is 4.75 Å². The maximum atomic E-state index is 8.89. The molecule has 1 aliphatic rings. The van der Waals surface area contributed by atoms with Gasteiger partial charge in [0.05, 0.1) is 12.7 Å². The van der Waals surface area contributed by atoms with Crippen molar-refractivity contribution >= 4 is 11.8 Å². The molecule has 0 aromatic carbocycles. The van der Waals surface area contributed by atoms with Crippen LogP contribution in [0, 0.1) is 11.3 Å². The average molecular weight is 171 g/mol. The molecule has 0 bridgehead atoms. The number of hydrogen-bond acceptors (Lipinski definition) is 3. The highest BCUT2D eigenvalue weighted by Crippen LogP contribution is 2.37. The van der Waals surface area contributed by atoms with Gasteiger partial charge in [0.1, 0.15) is 4.75 Å². The lowest BCUT2D eigenvalue weighted by Gasteiger charge is -2.17. The number of nitriles is 1. The summed E-state index contributed by atoms with van der Waals surface area (Å²) in [4.78, 5) is 0. The molecule has 1 rings (SSSR count). The summed E-state index contributed by atoms with van der Waals surface area (Å²) < 4.78 is 5.06. The van der Waals surface area contributed by atoms with Gasteiger partial charge in [0, 0.05) is 6.61 Å². The SMILES string of the molecule is CCOCC1(C#N)CCCS1. The Labute approximate surface area is 71.9 Å². The van der Waals surface area contributed by atoms with E-state index in [0.717, 1.165) is 18.6 Å². The van der Waals surface area contributed by atoms with Crippen molar-refractivity contribution in [3.63, 3.8) is 0 Å². The molecule has 0 aromatic rings. The van der Waals surface area contributed by atoms with Crippen LogP contribution in [0.15, 0.2) is 0 Å². The van der Waals surface area contributed by atoms with E-state index in [1.165, 1.54) is 0 Å². The van der Waals surface area contributed by atoms with Gasteiger partial charge in [-0.25, -0.2) is 0 Å². The van der Waals surface area contributed by atoms with Crippen molar-refractivity contribution in [3.05, 3.63) is 0 Å². The number of hydrogen-bond donors (Lipinski definition) is 0. The van der Waals surface area contributed by atoms with Gasteiger partial charge in [0.15, 0.2) is 0 Å². The van der Waals surface area contributed by atoms with E-state index in [4.69, 9.17) is 10.00 Å². The minimum Gasteiger partial charge on any atom is -0.379 e. The Balaban J connectivity index is 2.41. The maximum Gasteiger partial charge on any atom is 0.126 e. The summed E-state index contributed by atoms with van der Waals surface area (Å²) in [5.74, 6) is 1.11. The summed E-state index contributed by atoms with van der Waals surface area (Å²) in [6.07, 6.45) is 2.15. The molecule has 0 spiro atoms. The highest BCUT2D eigenvalue weighted by atomic mass is 32.2. The fourth-order valence-corrected chi connectivity index (χ4v) is 2.40. The van der Waals surface area contributed by atoms with Crippen LogP contribution in [0.4, 0.5) is 0 Å². The lowest BCUT2D eigenvalue weighted by atomic mass is 10.1. The van der Waals surface area contributed by atoms with Crippen molar-refractivity contribution in [2.24, 2.45) is 0 Å². The molecule has 0 radical (unpaired) electrons. The van der Waals surface area contributed by atoms with Crippen LogP contribution in [0.3, 0.4) is 0 Å². The Morgan fingerprint density at radius 3 is 3.00 bits per heavy atom. The van der Waals surface area contributed by atoms with Crippen molar-refractivity contribution in [2.45, 2.75) is 24.5 Å². The minimum atomic E-state index is -0.212. The van der Waals surface area contributed by atoms with Gasteiger partial charge in [-0.2, -0.15) is 5.26 Å². The predicted molar refractivity (Wildman–Crippen MR) is 46.5 cm³/mol. The zero-order valence-corrected chi connectivity index (χ0v) is 7.62. The second-order valence-electron chi connectivity index (χ2n) is 2.70. The lowest BCUT2D eigenvalue weighted by molar-refractivity contribution is 0.135. The van der Waals surface area contributed by atoms with Gasteiger partial charge in [0.2, 0.25) is 0 Å². The molecule has 1 atom stereocenters. The van der Waals surface area contributed by atoms with Crippen molar-refractivity contribution in [1.82, 2.24) is 0 Å². The van der Waals surface area contributed by atoms with Gasteiger partial charge < -0.3 is 4.74 Å². The summed E-state index contributed by atoms with van der Waals surface area (Å²) in [6.45, 7) is 3.28. The van der Waals surface area contributed by atoms with E-state index in [2.05, 4.69) is 6.07 Å². The van der Waals surface area contributed by atoms with E-state index in [0.29, 0.717) is 13.2 Å². The van der Waals surface area contributed by atoms with E-state index in [1.807, 2.05) is 6.92 Å². The third-order valence-corrected chi connectivity index (χ3v) is 3.31. The Morgan fingerprint density at radius 2 is 2.55 bits per heavy atom. The zero-order valence-electron chi connectivity index (χ0n) is 6.80. The van der Waals surface area contributed by atoms with Crippen LogP contribution in [-0.2, 0) is 4.74 Å². The quantitative estimate of drug-likeness (QED) is 0.649. The lowest BCUT2D eigenvalue weighted by Crippen LogP contribution is -2.25. The van der Waals surface area contributed by atoms with Crippen molar-refractivity contribution in [2.75, 3.05) is 19.0 Å². The second kappa shape index (κ2) is 3.99. The molecule has 1 heterocycles. The molecule has 0 saturated carbocycles. The summed E-state index contributed by atoms with van der Waals surface area (Å²) in [6, 6.07) is 2.35.